The molecule has 0 saturated carbocycles. The lowest BCUT2D eigenvalue weighted by Gasteiger charge is -2.02. The summed E-state index contributed by atoms with van der Waals surface area (Å²) in [5.41, 5.74) is 2.27. The minimum absolute atomic E-state index is 0.861. The molecular formula is C13H19B. The smallest absolute Gasteiger partial charge is 0.0967 e. The molecule has 0 fully saturated rings. The lowest BCUT2D eigenvalue weighted by Crippen LogP contribution is -2.00. The van der Waals surface area contributed by atoms with Crippen LogP contribution in [0.2, 0.25) is 0 Å². The largest absolute Gasteiger partial charge is 0.113 e. The molecule has 0 saturated heterocycles. The molecular weight excluding hydrogens is 167 g/mol. The highest BCUT2D eigenvalue weighted by Gasteiger charge is 1.93. The second-order valence-corrected chi connectivity index (χ2v) is 3.91. The van der Waals surface area contributed by atoms with Crippen LogP contribution >= 0.6 is 0 Å². The SMILES string of the molecule is [B]c1ccc(CCCCCCC)cc1. The van der Waals surface area contributed by atoms with Crippen LogP contribution in [0.1, 0.15) is 44.6 Å². The van der Waals surface area contributed by atoms with Gasteiger partial charge in [0.05, 0.1) is 0 Å². The molecule has 0 nitrogen and oxygen atoms in total. The molecule has 2 radical (unpaired) electrons. The second-order valence-electron chi connectivity index (χ2n) is 3.91. The van der Waals surface area contributed by atoms with Crippen LogP contribution < -0.4 is 5.46 Å². The number of unbranched alkanes of at least 4 members (excludes halogenated alkanes) is 4. The fourth-order valence-corrected chi connectivity index (χ4v) is 1.62. The molecule has 1 rings (SSSR count). The van der Waals surface area contributed by atoms with Gasteiger partial charge in [-0.3, -0.25) is 0 Å². The summed E-state index contributed by atoms with van der Waals surface area (Å²) in [6.07, 6.45) is 7.95. The summed E-state index contributed by atoms with van der Waals surface area (Å²) in [7, 11) is 5.62. The quantitative estimate of drug-likeness (QED) is 0.473. The third-order valence-electron chi connectivity index (χ3n) is 2.55. The zero-order chi connectivity index (χ0) is 10.2. The van der Waals surface area contributed by atoms with Gasteiger partial charge in [0.15, 0.2) is 0 Å². The van der Waals surface area contributed by atoms with Gasteiger partial charge < -0.3 is 0 Å². The van der Waals surface area contributed by atoms with Gasteiger partial charge in [0.2, 0.25) is 0 Å². The maximum absolute atomic E-state index is 5.62. The molecule has 74 valence electrons. The van der Waals surface area contributed by atoms with Crippen molar-refractivity contribution in [3.8, 4) is 0 Å². The molecule has 0 heterocycles. The van der Waals surface area contributed by atoms with E-state index in [1.54, 1.807) is 0 Å². The predicted molar refractivity (Wildman–Crippen MR) is 64.3 cm³/mol. The van der Waals surface area contributed by atoms with E-state index in [9.17, 15) is 0 Å². The first-order chi connectivity index (χ1) is 6.83. The van der Waals surface area contributed by atoms with Crippen LogP contribution in [0, 0.1) is 0 Å². The van der Waals surface area contributed by atoms with Crippen LogP contribution in [-0.2, 0) is 6.42 Å². The van der Waals surface area contributed by atoms with Crippen LogP contribution in [-0.4, -0.2) is 7.85 Å². The highest BCUT2D eigenvalue weighted by Crippen LogP contribution is 2.07. The van der Waals surface area contributed by atoms with Crippen molar-refractivity contribution in [3.05, 3.63) is 29.8 Å². The lowest BCUT2D eigenvalue weighted by atomic mass is 9.94. The Bertz CT molecular complexity index is 238. The molecule has 0 amide bonds. The van der Waals surface area contributed by atoms with E-state index in [1.165, 1.54) is 44.1 Å². The van der Waals surface area contributed by atoms with E-state index < -0.39 is 0 Å². The third kappa shape index (κ3) is 4.50. The summed E-state index contributed by atoms with van der Waals surface area (Å²) in [6, 6.07) is 8.24. The molecule has 0 aliphatic rings. The maximum atomic E-state index is 5.62. The van der Waals surface area contributed by atoms with Gasteiger partial charge in [0.1, 0.15) is 7.85 Å². The Hall–Kier alpha value is -0.715. The minimum atomic E-state index is 0.861. The summed E-state index contributed by atoms with van der Waals surface area (Å²) >= 11 is 0. The van der Waals surface area contributed by atoms with Crippen molar-refractivity contribution < 1.29 is 0 Å². The van der Waals surface area contributed by atoms with Crippen molar-refractivity contribution in [3.63, 3.8) is 0 Å². The minimum Gasteiger partial charge on any atom is -0.0967 e. The van der Waals surface area contributed by atoms with Crippen LogP contribution in [0.15, 0.2) is 24.3 Å². The van der Waals surface area contributed by atoms with Gasteiger partial charge in [0.25, 0.3) is 0 Å². The molecule has 0 aromatic heterocycles. The molecule has 1 aromatic rings. The van der Waals surface area contributed by atoms with Crippen molar-refractivity contribution >= 4 is 13.3 Å². The summed E-state index contributed by atoms with van der Waals surface area (Å²) < 4.78 is 0. The first kappa shape index (κ1) is 11.4. The molecule has 0 N–H and O–H groups in total. The number of hydrogen-bond donors (Lipinski definition) is 0. The van der Waals surface area contributed by atoms with Gasteiger partial charge in [-0.15, -0.1) is 0 Å². The van der Waals surface area contributed by atoms with Gasteiger partial charge in [-0.2, -0.15) is 0 Å². The monoisotopic (exact) mass is 186 g/mol. The second kappa shape index (κ2) is 6.70. The van der Waals surface area contributed by atoms with Crippen LogP contribution in [0.3, 0.4) is 0 Å². The van der Waals surface area contributed by atoms with E-state index >= 15 is 0 Å². The van der Waals surface area contributed by atoms with Gasteiger partial charge in [-0.25, -0.2) is 0 Å². The predicted octanol–water partition coefficient (Wildman–Crippen LogP) is 2.99. The van der Waals surface area contributed by atoms with Crippen LogP contribution in [0.5, 0.6) is 0 Å². The van der Waals surface area contributed by atoms with E-state index in [1.807, 2.05) is 12.1 Å². The molecule has 1 aromatic carbocycles. The average molecular weight is 186 g/mol. The van der Waals surface area contributed by atoms with Crippen LogP contribution in [0.4, 0.5) is 0 Å². The molecule has 0 spiro atoms. The first-order valence-corrected chi connectivity index (χ1v) is 5.67. The Morgan fingerprint density at radius 3 is 2.21 bits per heavy atom. The Labute approximate surface area is 89.1 Å². The van der Waals surface area contributed by atoms with E-state index in [0.29, 0.717) is 0 Å². The summed E-state index contributed by atoms with van der Waals surface area (Å²) in [6.45, 7) is 2.25. The van der Waals surface area contributed by atoms with E-state index in [-0.39, 0.29) is 0 Å². The highest BCUT2D eigenvalue weighted by molar-refractivity contribution is 6.32. The number of aryl methyl sites for hydroxylation is 1. The van der Waals surface area contributed by atoms with Crippen molar-refractivity contribution in [2.75, 3.05) is 0 Å². The van der Waals surface area contributed by atoms with E-state index in [0.717, 1.165) is 5.46 Å². The molecule has 1 heteroatoms. The van der Waals surface area contributed by atoms with Crippen LogP contribution in [0.25, 0.3) is 0 Å². The summed E-state index contributed by atoms with van der Waals surface area (Å²) in [4.78, 5) is 0. The maximum Gasteiger partial charge on any atom is 0.113 e. The molecule has 0 aliphatic carbocycles. The lowest BCUT2D eigenvalue weighted by molar-refractivity contribution is 0.632. The topological polar surface area (TPSA) is 0 Å². The summed E-state index contributed by atoms with van der Waals surface area (Å²) in [5, 5.41) is 0. The number of rotatable bonds is 6. The average Bonchev–Trinajstić information content (AvgIpc) is 2.21. The number of hydrogen-bond acceptors (Lipinski definition) is 0. The van der Waals surface area contributed by atoms with Gasteiger partial charge in [-0.1, -0.05) is 62.3 Å². The number of benzene rings is 1. The van der Waals surface area contributed by atoms with Gasteiger partial charge in [0, 0.05) is 0 Å². The molecule has 14 heavy (non-hydrogen) atoms. The zero-order valence-electron chi connectivity index (χ0n) is 9.13. The Morgan fingerprint density at radius 2 is 1.57 bits per heavy atom. The van der Waals surface area contributed by atoms with Crippen molar-refractivity contribution in [1.29, 1.82) is 0 Å². The first-order valence-electron chi connectivity index (χ1n) is 5.67. The molecule has 0 atom stereocenters. The van der Waals surface area contributed by atoms with Gasteiger partial charge in [-0.05, 0) is 18.4 Å². The van der Waals surface area contributed by atoms with E-state index in [2.05, 4.69) is 19.1 Å². The Balaban J connectivity index is 2.15. The van der Waals surface area contributed by atoms with E-state index in [4.69, 9.17) is 7.85 Å². The fraction of sp³-hybridized carbons (Fsp3) is 0.538. The highest BCUT2D eigenvalue weighted by atomic mass is 14.0. The van der Waals surface area contributed by atoms with Gasteiger partial charge >= 0.3 is 0 Å². The molecule has 0 bridgehead atoms. The Morgan fingerprint density at radius 1 is 0.929 bits per heavy atom. The van der Waals surface area contributed by atoms with Crippen molar-refractivity contribution in [2.45, 2.75) is 45.4 Å². The standard InChI is InChI=1S/C13H19B/c1-2-3-4-5-6-7-12-8-10-13(14)11-9-12/h8-11H,2-7H2,1H3. The Kier molecular flexibility index (Phi) is 5.43. The van der Waals surface area contributed by atoms with Crippen molar-refractivity contribution in [2.24, 2.45) is 0 Å². The normalized spacial score (nSPS) is 10.4. The molecule has 0 unspecified atom stereocenters. The summed E-state index contributed by atoms with van der Waals surface area (Å²) in [5.74, 6) is 0. The molecule has 0 aliphatic heterocycles. The van der Waals surface area contributed by atoms with Crippen molar-refractivity contribution in [1.82, 2.24) is 0 Å². The zero-order valence-corrected chi connectivity index (χ0v) is 9.13. The third-order valence-corrected chi connectivity index (χ3v) is 2.55. The fourth-order valence-electron chi connectivity index (χ4n) is 1.62.